The molecular weight excluding hydrogens is 204 g/mol. The molecule has 4 heteroatoms. The number of imidazole rings is 1. The van der Waals surface area contributed by atoms with E-state index in [1.54, 1.807) is 6.20 Å². The van der Waals surface area contributed by atoms with Gasteiger partial charge < -0.3 is 9.30 Å². The third-order valence-corrected chi connectivity index (χ3v) is 1.71. The molecule has 0 aliphatic carbocycles. The fourth-order valence-electron chi connectivity index (χ4n) is 0.954. The number of esters is 1. The minimum absolute atomic E-state index is 0.192. The zero-order chi connectivity index (χ0) is 13.0. The highest BCUT2D eigenvalue weighted by molar-refractivity contribution is 5.68. The second-order valence-electron chi connectivity index (χ2n) is 2.49. The van der Waals surface area contributed by atoms with Gasteiger partial charge in [-0.3, -0.25) is 4.79 Å². The van der Waals surface area contributed by atoms with Crippen molar-refractivity contribution in [3.05, 3.63) is 18.2 Å². The maximum Gasteiger partial charge on any atom is 0.307 e. The largest absolute Gasteiger partial charge is 0.469 e. The molecule has 0 saturated heterocycles. The van der Waals surface area contributed by atoms with Crippen LogP contribution in [0.5, 0.6) is 0 Å². The van der Waals surface area contributed by atoms with Gasteiger partial charge in [-0.25, -0.2) is 4.98 Å². The number of aryl methyl sites for hydroxylation is 2. The molecule has 0 saturated carbocycles. The van der Waals surface area contributed by atoms with Crippen molar-refractivity contribution in [3.63, 3.8) is 0 Å². The van der Waals surface area contributed by atoms with Crippen LogP contribution in [0, 0.1) is 6.92 Å². The van der Waals surface area contributed by atoms with Gasteiger partial charge in [-0.1, -0.05) is 27.7 Å². The van der Waals surface area contributed by atoms with Gasteiger partial charge in [0.2, 0.25) is 0 Å². The molecule has 0 amide bonds. The van der Waals surface area contributed by atoms with E-state index in [1.807, 2.05) is 45.4 Å². The van der Waals surface area contributed by atoms with Crippen molar-refractivity contribution in [1.82, 2.24) is 9.55 Å². The van der Waals surface area contributed by atoms with Gasteiger partial charge in [-0.15, -0.1) is 0 Å². The van der Waals surface area contributed by atoms with Gasteiger partial charge in [0, 0.05) is 18.9 Å². The van der Waals surface area contributed by atoms with Crippen LogP contribution in [-0.4, -0.2) is 22.6 Å². The number of carbonyl (C=O) groups is 1. The van der Waals surface area contributed by atoms with Crippen molar-refractivity contribution in [1.29, 1.82) is 0 Å². The summed E-state index contributed by atoms with van der Waals surface area (Å²) in [5, 5.41) is 0. The Labute approximate surface area is 98.6 Å². The number of hydrogen-bond acceptors (Lipinski definition) is 3. The first-order chi connectivity index (χ1) is 7.74. The third kappa shape index (κ3) is 7.04. The van der Waals surface area contributed by atoms with Crippen molar-refractivity contribution in [2.45, 2.75) is 47.6 Å². The van der Waals surface area contributed by atoms with Crippen LogP contribution in [0.3, 0.4) is 0 Å². The zero-order valence-corrected chi connectivity index (χ0v) is 11.3. The predicted molar refractivity (Wildman–Crippen MR) is 66.3 cm³/mol. The van der Waals surface area contributed by atoms with Crippen LogP contribution in [-0.2, 0) is 16.1 Å². The second kappa shape index (κ2) is 11.8. The molecule has 16 heavy (non-hydrogen) atoms. The van der Waals surface area contributed by atoms with Gasteiger partial charge in [0.1, 0.15) is 5.82 Å². The SMILES string of the molecule is CC.CC.COC(=O)CCn1ccnc1C. The molecule has 0 bridgehead atoms. The first kappa shape index (κ1) is 17.1. The van der Waals surface area contributed by atoms with E-state index in [-0.39, 0.29) is 5.97 Å². The van der Waals surface area contributed by atoms with E-state index in [1.165, 1.54) is 7.11 Å². The molecule has 94 valence electrons. The van der Waals surface area contributed by atoms with Crippen molar-refractivity contribution in [3.8, 4) is 0 Å². The van der Waals surface area contributed by atoms with E-state index in [0.29, 0.717) is 13.0 Å². The van der Waals surface area contributed by atoms with Crippen molar-refractivity contribution in [2.24, 2.45) is 0 Å². The Morgan fingerprint density at radius 2 is 1.94 bits per heavy atom. The highest BCUT2D eigenvalue weighted by Crippen LogP contribution is 1.97. The highest BCUT2D eigenvalue weighted by Gasteiger charge is 2.01. The summed E-state index contributed by atoms with van der Waals surface area (Å²) in [7, 11) is 1.39. The molecule has 0 unspecified atom stereocenters. The summed E-state index contributed by atoms with van der Waals surface area (Å²) in [5.41, 5.74) is 0. The van der Waals surface area contributed by atoms with Crippen molar-refractivity contribution >= 4 is 5.97 Å². The quantitative estimate of drug-likeness (QED) is 0.747. The molecule has 0 spiro atoms. The third-order valence-electron chi connectivity index (χ3n) is 1.71. The fraction of sp³-hybridized carbons (Fsp3) is 0.667. The number of aromatic nitrogens is 2. The van der Waals surface area contributed by atoms with Crippen LogP contribution in [0.15, 0.2) is 12.4 Å². The van der Waals surface area contributed by atoms with Crippen LogP contribution in [0.25, 0.3) is 0 Å². The number of methoxy groups -OCH3 is 1. The van der Waals surface area contributed by atoms with Gasteiger partial charge in [0.05, 0.1) is 13.5 Å². The van der Waals surface area contributed by atoms with E-state index >= 15 is 0 Å². The van der Waals surface area contributed by atoms with Gasteiger partial charge in [0.25, 0.3) is 0 Å². The van der Waals surface area contributed by atoms with Crippen LogP contribution >= 0.6 is 0 Å². The molecule has 1 rings (SSSR count). The topological polar surface area (TPSA) is 44.1 Å². The van der Waals surface area contributed by atoms with Crippen LogP contribution in [0.2, 0.25) is 0 Å². The number of hydrogen-bond donors (Lipinski definition) is 0. The molecule has 4 nitrogen and oxygen atoms in total. The van der Waals surface area contributed by atoms with E-state index in [0.717, 1.165) is 5.82 Å². The monoisotopic (exact) mass is 228 g/mol. The minimum Gasteiger partial charge on any atom is -0.469 e. The molecular formula is C12H24N2O2. The van der Waals surface area contributed by atoms with Gasteiger partial charge >= 0.3 is 5.97 Å². The summed E-state index contributed by atoms with van der Waals surface area (Å²) < 4.78 is 6.43. The average molecular weight is 228 g/mol. The van der Waals surface area contributed by atoms with Crippen molar-refractivity contribution < 1.29 is 9.53 Å². The first-order valence-corrected chi connectivity index (χ1v) is 5.78. The molecule has 0 aliphatic rings. The molecule has 0 aromatic carbocycles. The molecule has 0 aliphatic heterocycles. The van der Waals surface area contributed by atoms with Crippen LogP contribution in [0.4, 0.5) is 0 Å². The average Bonchev–Trinajstić information content (AvgIpc) is 2.77. The van der Waals surface area contributed by atoms with E-state index in [9.17, 15) is 4.79 Å². The fourth-order valence-corrected chi connectivity index (χ4v) is 0.954. The summed E-state index contributed by atoms with van der Waals surface area (Å²) >= 11 is 0. The maximum absolute atomic E-state index is 10.8. The Hall–Kier alpha value is -1.32. The van der Waals surface area contributed by atoms with Crippen LogP contribution in [0.1, 0.15) is 39.9 Å². The predicted octanol–water partition coefficient (Wildman–Crippen LogP) is 2.81. The Morgan fingerprint density at radius 3 is 2.31 bits per heavy atom. The lowest BCUT2D eigenvalue weighted by Gasteiger charge is -2.02. The first-order valence-electron chi connectivity index (χ1n) is 5.78. The Bertz CT molecular complexity index is 270. The summed E-state index contributed by atoms with van der Waals surface area (Å²) in [6, 6.07) is 0. The van der Waals surface area contributed by atoms with Gasteiger partial charge in [-0.2, -0.15) is 0 Å². The Morgan fingerprint density at radius 1 is 1.38 bits per heavy atom. The minimum atomic E-state index is -0.192. The Balaban J connectivity index is 0. The zero-order valence-electron chi connectivity index (χ0n) is 11.3. The number of nitrogens with zero attached hydrogens (tertiary/aromatic N) is 2. The number of rotatable bonds is 3. The Kier molecular flexibility index (Phi) is 12.6. The molecule has 1 aromatic rings. The lowest BCUT2D eigenvalue weighted by Crippen LogP contribution is -2.07. The molecule has 1 heterocycles. The summed E-state index contributed by atoms with van der Waals surface area (Å²) in [6.45, 7) is 10.5. The maximum atomic E-state index is 10.8. The molecule has 0 N–H and O–H groups in total. The van der Waals surface area contributed by atoms with Crippen LogP contribution < -0.4 is 0 Å². The summed E-state index contributed by atoms with van der Waals surface area (Å²) in [4.78, 5) is 14.8. The second-order valence-corrected chi connectivity index (χ2v) is 2.49. The number of ether oxygens (including phenoxy) is 1. The highest BCUT2D eigenvalue weighted by atomic mass is 16.5. The lowest BCUT2D eigenvalue weighted by atomic mass is 10.4. The van der Waals surface area contributed by atoms with E-state index in [4.69, 9.17) is 0 Å². The lowest BCUT2D eigenvalue weighted by molar-refractivity contribution is -0.140. The standard InChI is InChI=1S/C8H12N2O2.2C2H6/c1-7-9-4-6-10(7)5-3-8(11)12-2;2*1-2/h4,6H,3,5H2,1-2H3;2*1-2H3. The smallest absolute Gasteiger partial charge is 0.307 e. The number of carbonyl (C=O) groups excluding carboxylic acids is 1. The molecule has 0 radical (unpaired) electrons. The normalized spacial score (nSPS) is 8.12. The summed E-state index contributed by atoms with van der Waals surface area (Å²) in [6.07, 6.45) is 3.96. The molecule has 0 fully saturated rings. The van der Waals surface area contributed by atoms with Gasteiger partial charge in [0.15, 0.2) is 0 Å². The summed E-state index contributed by atoms with van der Waals surface area (Å²) in [5.74, 6) is 0.724. The van der Waals surface area contributed by atoms with Gasteiger partial charge in [-0.05, 0) is 6.92 Å². The van der Waals surface area contributed by atoms with E-state index in [2.05, 4.69) is 9.72 Å². The molecule has 1 aromatic heterocycles. The van der Waals surface area contributed by atoms with E-state index < -0.39 is 0 Å². The van der Waals surface area contributed by atoms with Crippen molar-refractivity contribution in [2.75, 3.05) is 7.11 Å². The molecule has 0 atom stereocenters.